The van der Waals surface area contributed by atoms with E-state index >= 15 is 0 Å². The van der Waals surface area contributed by atoms with E-state index in [4.69, 9.17) is 4.74 Å². The SMILES string of the molecule is CC[C@H](Oc1ccccc1F)C(=O)Nc1cccc(C)c1. The number of carbonyl (C=O) groups excluding carboxylic acids is 1. The summed E-state index contributed by atoms with van der Waals surface area (Å²) in [5.41, 5.74) is 1.76. The molecular weight excluding hydrogens is 269 g/mol. The smallest absolute Gasteiger partial charge is 0.265 e. The van der Waals surface area contributed by atoms with Gasteiger partial charge >= 0.3 is 0 Å². The maximum atomic E-state index is 13.6. The number of carbonyl (C=O) groups is 1. The molecule has 0 bridgehead atoms. The van der Waals surface area contributed by atoms with Gasteiger partial charge in [-0.15, -0.1) is 0 Å². The van der Waals surface area contributed by atoms with Crippen molar-refractivity contribution in [2.45, 2.75) is 26.4 Å². The lowest BCUT2D eigenvalue weighted by Gasteiger charge is -2.17. The third-order valence-electron chi connectivity index (χ3n) is 3.05. The van der Waals surface area contributed by atoms with Crippen LogP contribution in [0, 0.1) is 12.7 Å². The highest BCUT2D eigenvalue weighted by atomic mass is 19.1. The lowest BCUT2D eigenvalue weighted by molar-refractivity contribution is -0.122. The normalized spacial score (nSPS) is 11.8. The van der Waals surface area contributed by atoms with Crippen LogP contribution in [0.4, 0.5) is 10.1 Å². The minimum atomic E-state index is -0.734. The molecule has 0 aromatic heterocycles. The van der Waals surface area contributed by atoms with E-state index in [1.807, 2.05) is 32.0 Å². The fourth-order valence-corrected chi connectivity index (χ4v) is 1.96. The van der Waals surface area contributed by atoms with Crippen LogP contribution in [0.3, 0.4) is 0 Å². The van der Waals surface area contributed by atoms with Crippen LogP contribution in [-0.2, 0) is 4.79 Å². The highest BCUT2D eigenvalue weighted by molar-refractivity contribution is 5.94. The second-order valence-electron chi connectivity index (χ2n) is 4.80. The lowest BCUT2D eigenvalue weighted by atomic mass is 10.2. The summed E-state index contributed by atoms with van der Waals surface area (Å²) in [6, 6.07) is 13.6. The number of ether oxygens (including phenoxy) is 1. The van der Waals surface area contributed by atoms with Gasteiger partial charge in [-0.25, -0.2) is 4.39 Å². The molecule has 1 amide bonds. The Morgan fingerprint density at radius 2 is 2.00 bits per heavy atom. The van der Waals surface area contributed by atoms with Gasteiger partial charge in [0.05, 0.1) is 0 Å². The molecule has 1 N–H and O–H groups in total. The van der Waals surface area contributed by atoms with Crippen molar-refractivity contribution in [3.8, 4) is 5.75 Å². The number of amides is 1. The molecule has 0 aliphatic carbocycles. The number of aryl methyl sites for hydroxylation is 1. The number of hydrogen-bond acceptors (Lipinski definition) is 2. The van der Waals surface area contributed by atoms with E-state index in [1.165, 1.54) is 12.1 Å². The molecule has 0 fully saturated rings. The van der Waals surface area contributed by atoms with Gasteiger partial charge in [0.25, 0.3) is 5.91 Å². The topological polar surface area (TPSA) is 38.3 Å². The van der Waals surface area contributed by atoms with Crippen molar-refractivity contribution in [1.82, 2.24) is 0 Å². The average Bonchev–Trinajstić information content (AvgIpc) is 2.46. The van der Waals surface area contributed by atoms with Crippen LogP contribution in [0.15, 0.2) is 48.5 Å². The predicted molar refractivity (Wildman–Crippen MR) is 80.9 cm³/mol. The van der Waals surface area contributed by atoms with Crippen LogP contribution in [0.25, 0.3) is 0 Å². The monoisotopic (exact) mass is 287 g/mol. The molecule has 0 aliphatic rings. The van der Waals surface area contributed by atoms with Gasteiger partial charge in [-0.3, -0.25) is 4.79 Å². The van der Waals surface area contributed by atoms with Crippen LogP contribution < -0.4 is 10.1 Å². The van der Waals surface area contributed by atoms with E-state index in [0.717, 1.165) is 5.56 Å². The van der Waals surface area contributed by atoms with Crippen molar-refractivity contribution in [2.24, 2.45) is 0 Å². The minimum Gasteiger partial charge on any atom is -0.478 e. The second kappa shape index (κ2) is 6.88. The number of benzene rings is 2. The Bertz CT molecular complexity index is 628. The van der Waals surface area contributed by atoms with Gasteiger partial charge in [0.2, 0.25) is 0 Å². The van der Waals surface area contributed by atoms with Crippen molar-refractivity contribution < 1.29 is 13.9 Å². The van der Waals surface area contributed by atoms with E-state index < -0.39 is 11.9 Å². The molecule has 1 atom stereocenters. The van der Waals surface area contributed by atoms with Gasteiger partial charge in [-0.2, -0.15) is 0 Å². The number of halogens is 1. The summed E-state index contributed by atoms with van der Waals surface area (Å²) in [4.78, 5) is 12.2. The Hall–Kier alpha value is -2.36. The third kappa shape index (κ3) is 4.05. The second-order valence-corrected chi connectivity index (χ2v) is 4.80. The van der Waals surface area contributed by atoms with Crippen LogP contribution >= 0.6 is 0 Å². The van der Waals surface area contributed by atoms with E-state index in [0.29, 0.717) is 12.1 Å². The molecule has 0 radical (unpaired) electrons. The Kier molecular flexibility index (Phi) is 4.93. The number of rotatable bonds is 5. The van der Waals surface area contributed by atoms with Gasteiger partial charge in [0.15, 0.2) is 17.7 Å². The summed E-state index contributed by atoms with van der Waals surface area (Å²) < 4.78 is 19.0. The zero-order chi connectivity index (χ0) is 15.2. The minimum absolute atomic E-state index is 0.0868. The van der Waals surface area contributed by atoms with Crippen molar-refractivity contribution in [3.05, 3.63) is 59.9 Å². The molecule has 2 aromatic rings. The first-order chi connectivity index (χ1) is 10.1. The summed E-state index contributed by atoms with van der Waals surface area (Å²) >= 11 is 0. The highest BCUT2D eigenvalue weighted by Crippen LogP contribution is 2.19. The zero-order valence-electron chi connectivity index (χ0n) is 12.1. The highest BCUT2D eigenvalue weighted by Gasteiger charge is 2.19. The predicted octanol–water partition coefficient (Wildman–Crippen LogP) is 3.93. The van der Waals surface area contributed by atoms with E-state index in [1.54, 1.807) is 18.2 Å². The van der Waals surface area contributed by atoms with Crippen molar-refractivity contribution in [2.75, 3.05) is 5.32 Å². The average molecular weight is 287 g/mol. The van der Waals surface area contributed by atoms with Gasteiger partial charge in [0, 0.05) is 5.69 Å². The van der Waals surface area contributed by atoms with Gasteiger partial charge in [-0.1, -0.05) is 31.2 Å². The molecule has 0 aliphatic heterocycles. The molecule has 0 heterocycles. The molecule has 0 saturated carbocycles. The Morgan fingerprint density at radius 1 is 1.24 bits per heavy atom. The Morgan fingerprint density at radius 3 is 2.67 bits per heavy atom. The number of nitrogens with one attached hydrogen (secondary N) is 1. The molecular formula is C17H18FNO2. The molecule has 2 aromatic carbocycles. The fourth-order valence-electron chi connectivity index (χ4n) is 1.96. The first-order valence-electron chi connectivity index (χ1n) is 6.89. The Labute approximate surface area is 123 Å². The summed E-state index contributed by atoms with van der Waals surface area (Å²) in [5, 5.41) is 2.79. The van der Waals surface area contributed by atoms with Gasteiger partial charge in [0.1, 0.15) is 0 Å². The summed E-state index contributed by atoms with van der Waals surface area (Å²) in [6.45, 7) is 3.77. The number of anilines is 1. The van der Waals surface area contributed by atoms with Gasteiger partial charge in [-0.05, 0) is 43.2 Å². The maximum absolute atomic E-state index is 13.6. The largest absolute Gasteiger partial charge is 0.478 e. The fraction of sp³-hybridized carbons (Fsp3) is 0.235. The first kappa shape index (κ1) is 15.0. The summed E-state index contributed by atoms with van der Waals surface area (Å²) in [7, 11) is 0. The van der Waals surface area contributed by atoms with Crippen LogP contribution in [0.1, 0.15) is 18.9 Å². The molecule has 4 heteroatoms. The molecule has 0 saturated heterocycles. The lowest BCUT2D eigenvalue weighted by Crippen LogP contribution is -2.32. The van der Waals surface area contributed by atoms with Crippen LogP contribution in [0.2, 0.25) is 0 Å². The first-order valence-corrected chi connectivity index (χ1v) is 6.89. The molecule has 0 spiro atoms. The Balaban J connectivity index is 2.07. The van der Waals surface area contributed by atoms with Crippen molar-refractivity contribution >= 4 is 11.6 Å². The standard InChI is InChI=1S/C17H18FNO2/c1-3-15(21-16-10-5-4-9-14(16)18)17(20)19-13-8-6-7-12(2)11-13/h4-11,15H,3H2,1-2H3,(H,19,20)/t15-/m0/s1. The molecule has 21 heavy (non-hydrogen) atoms. The summed E-state index contributed by atoms with van der Waals surface area (Å²) in [5.74, 6) is -0.672. The maximum Gasteiger partial charge on any atom is 0.265 e. The molecule has 2 rings (SSSR count). The zero-order valence-corrected chi connectivity index (χ0v) is 12.1. The molecule has 110 valence electrons. The van der Waals surface area contributed by atoms with E-state index in [9.17, 15) is 9.18 Å². The van der Waals surface area contributed by atoms with E-state index in [-0.39, 0.29) is 11.7 Å². The van der Waals surface area contributed by atoms with E-state index in [2.05, 4.69) is 5.32 Å². The van der Waals surface area contributed by atoms with Crippen LogP contribution in [0.5, 0.6) is 5.75 Å². The molecule has 0 unspecified atom stereocenters. The van der Waals surface area contributed by atoms with Crippen molar-refractivity contribution in [1.29, 1.82) is 0 Å². The summed E-state index contributed by atoms with van der Waals surface area (Å²) in [6.07, 6.45) is -0.283. The van der Waals surface area contributed by atoms with Crippen LogP contribution in [-0.4, -0.2) is 12.0 Å². The third-order valence-corrected chi connectivity index (χ3v) is 3.05. The van der Waals surface area contributed by atoms with Crippen molar-refractivity contribution in [3.63, 3.8) is 0 Å². The quantitative estimate of drug-likeness (QED) is 0.905. The number of para-hydroxylation sites is 1. The number of hydrogen-bond donors (Lipinski definition) is 1. The van der Waals surface area contributed by atoms with Gasteiger partial charge < -0.3 is 10.1 Å². The molecule has 3 nitrogen and oxygen atoms in total.